The van der Waals surface area contributed by atoms with Crippen LogP contribution in [0.25, 0.3) is 0 Å². The number of ether oxygens (including phenoxy) is 2. The smallest absolute Gasteiger partial charge is 0.126 e. The molecule has 0 aromatic heterocycles. The third-order valence-corrected chi connectivity index (χ3v) is 3.43. The molecule has 1 unspecified atom stereocenters. The van der Waals surface area contributed by atoms with Gasteiger partial charge < -0.3 is 15.2 Å². The Bertz CT molecular complexity index is 636. The van der Waals surface area contributed by atoms with Crippen molar-refractivity contribution in [2.75, 3.05) is 14.2 Å². The molecule has 2 rings (SSSR count). The van der Waals surface area contributed by atoms with Crippen LogP contribution in [0.5, 0.6) is 11.5 Å². The van der Waals surface area contributed by atoms with E-state index in [0.29, 0.717) is 22.6 Å². The SMILES string of the molecule is COc1ccc(OC)c(C(C)(N)c2cc(F)cc(F)c2)c1. The molecule has 0 heterocycles. The van der Waals surface area contributed by atoms with Gasteiger partial charge in [-0.05, 0) is 42.8 Å². The number of benzene rings is 2. The van der Waals surface area contributed by atoms with E-state index in [1.54, 1.807) is 25.1 Å². The highest BCUT2D eigenvalue weighted by atomic mass is 19.1. The molecule has 0 aliphatic rings. The number of hydrogen-bond acceptors (Lipinski definition) is 3. The Kier molecular flexibility index (Phi) is 4.14. The molecule has 0 aliphatic carbocycles. The van der Waals surface area contributed by atoms with Gasteiger partial charge in [0.1, 0.15) is 23.1 Å². The number of rotatable bonds is 4. The molecule has 112 valence electrons. The van der Waals surface area contributed by atoms with Crippen LogP contribution in [0.1, 0.15) is 18.1 Å². The standard InChI is InChI=1S/C16H17F2NO2/c1-16(19,10-6-11(17)8-12(18)7-10)14-9-13(20-2)4-5-15(14)21-3/h4-9H,19H2,1-3H3. The highest BCUT2D eigenvalue weighted by Gasteiger charge is 2.29. The molecule has 0 saturated heterocycles. The fraction of sp³-hybridized carbons (Fsp3) is 0.250. The zero-order valence-electron chi connectivity index (χ0n) is 12.1. The topological polar surface area (TPSA) is 44.5 Å². The molecule has 2 aromatic rings. The van der Waals surface area contributed by atoms with Crippen LogP contribution in [0.2, 0.25) is 0 Å². The van der Waals surface area contributed by atoms with Crippen molar-refractivity contribution < 1.29 is 18.3 Å². The Labute approximate surface area is 122 Å². The highest BCUT2D eigenvalue weighted by Crippen LogP contribution is 2.36. The summed E-state index contributed by atoms with van der Waals surface area (Å²) in [4.78, 5) is 0. The third kappa shape index (κ3) is 2.97. The molecule has 0 spiro atoms. The largest absolute Gasteiger partial charge is 0.497 e. The van der Waals surface area contributed by atoms with Gasteiger partial charge in [0.2, 0.25) is 0 Å². The molecular formula is C16H17F2NO2. The van der Waals surface area contributed by atoms with Crippen LogP contribution in [0.15, 0.2) is 36.4 Å². The van der Waals surface area contributed by atoms with Gasteiger partial charge in [-0.15, -0.1) is 0 Å². The second kappa shape index (κ2) is 5.69. The molecule has 0 fully saturated rings. The first-order valence-corrected chi connectivity index (χ1v) is 6.36. The van der Waals surface area contributed by atoms with Crippen molar-refractivity contribution in [2.24, 2.45) is 5.73 Å². The summed E-state index contributed by atoms with van der Waals surface area (Å²) in [5.74, 6) is -0.253. The minimum absolute atomic E-state index is 0.312. The van der Waals surface area contributed by atoms with E-state index >= 15 is 0 Å². The predicted octanol–water partition coefficient (Wildman–Crippen LogP) is 3.20. The average molecular weight is 293 g/mol. The first-order chi connectivity index (χ1) is 9.88. The van der Waals surface area contributed by atoms with E-state index in [4.69, 9.17) is 15.2 Å². The fourth-order valence-electron chi connectivity index (χ4n) is 2.23. The zero-order chi connectivity index (χ0) is 15.6. The van der Waals surface area contributed by atoms with Gasteiger partial charge in [0.15, 0.2) is 0 Å². The van der Waals surface area contributed by atoms with Crippen molar-refractivity contribution in [2.45, 2.75) is 12.5 Å². The molecule has 1 atom stereocenters. The second-order valence-corrected chi connectivity index (χ2v) is 4.93. The molecule has 21 heavy (non-hydrogen) atoms. The highest BCUT2D eigenvalue weighted by molar-refractivity contribution is 5.49. The van der Waals surface area contributed by atoms with Gasteiger partial charge in [0.25, 0.3) is 0 Å². The second-order valence-electron chi connectivity index (χ2n) is 4.93. The molecule has 3 nitrogen and oxygen atoms in total. The molecular weight excluding hydrogens is 276 g/mol. The van der Waals surface area contributed by atoms with E-state index in [1.165, 1.54) is 26.4 Å². The van der Waals surface area contributed by atoms with Gasteiger partial charge in [-0.25, -0.2) is 8.78 Å². The summed E-state index contributed by atoms with van der Waals surface area (Å²) in [5, 5.41) is 0. The van der Waals surface area contributed by atoms with Gasteiger partial charge in [0.05, 0.1) is 19.8 Å². The van der Waals surface area contributed by atoms with Crippen molar-refractivity contribution in [3.8, 4) is 11.5 Å². The van der Waals surface area contributed by atoms with Crippen molar-refractivity contribution in [1.29, 1.82) is 0 Å². The lowest BCUT2D eigenvalue weighted by atomic mass is 9.85. The molecule has 0 saturated carbocycles. The Morgan fingerprint density at radius 3 is 2.10 bits per heavy atom. The summed E-state index contributed by atoms with van der Waals surface area (Å²) in [6.07, 6.45) is 0. The Morgan fingerprint density at radius 2 is 1.57 bits per heavy atom. The summed E-state index contributed by atoms with van der Waals surface area (Å²) in [7, 11) is 3.04. The quantitative estimate of drug-likeness (QED) is 0.941. The predicted molar refractivity (Wildman–Crippen MR) is 76.5 cm³/mol. The van der Waals surface area contributed by atoms with Crippen LogP contribution in [0.4, 0.5) is 8.78 Å². The molecule has 0 amide bonds. The van der Waals surface area contributed by atoms with Gasteiger partial charge in [-0.1, -0.05) is 0 Å². The van der Waals surface area contributed by atoms with Gasteiger partial charge >= 0.3 is 0 Å². The van der Waals surface area contributed by atoms with Gasteiger partial charge in [-0.3, -0.25) is 0 Å². The Balaban J connectivity index is 2.61. The number of halogens is 2. The van der Waals surface area contributed by atoms with Crippen LogP contribution in [-0.2, 0) is 5.54 Å². The summed E-state index contributed by atoms with van der Waals surface area (Å²) in [5.41, 5.74) is 6.08. The molecule has 5 heteroatoms. The van der Waals surface area contributed by atoms with Crippen LogP contribution in [0, 0.1) is 11.6 Å². The summed E-state index contributed by atoms with van der Waals surface area (Å²) in [6.45, 7) is 1.67. The Morgan fingerprint density at radius 1 is 0.952 bits per heavy atom. The van der Waals surface area contributed by atoms with Crippen LogP contribution < -0.4 is 15.2 Å². The average Bonchev–Trinajstić information content (AvgIpc) is 2.45. The number of methoxy groups -OCH3 is 2. The van der Waals surface area contributed by atoms with E-state index in [-0.39, 0.29) is 0 Å². The van der Waals surface area contributed by atoms with Crippen molar-refractivity contribution >= 4 is 0 Å². The Hall–Kier alpha value is -2.14. The molecule has 0 radical (unpaired) electrons. The lowest BCUT2D eigenvalue weighted by Gasteiger charge is -2.28. The monoisotopic (exact) mass is 293 g/mol. The van der Waals surface area contributed by atoms with Crippen molar-refractivity contribution in [1.82, 2.24) is 0 Å². The summed E-state index contributed by atoms with van der Waals surface area (Å²) in [6, 6.07) is 8.35. The normalized spacial score (nSPS) is 13.6. The molecule has 0 bridgehead atoms. The van der Waals surface area contributed by atoms with E-state index in [1.807, 2.05) is 0 Å². The summed E-state index contributed by atoms with van der Waals surface area (Å²) >= 11 is 0. The minimum atomic E-state index is -1.14. The lowest BCUT2D eigenvalue weighted by molar-refractivity contribution is 0.388. The number of nitrogens with two attached hydrogens (primary N) is 1. The van der Waals surface area contributed by atoms with Crippen molar-refractivity contribution in [3.05, 3.63) is 59.2 Å². The van der Waals surface area contributed by atoms with Crippen LogP contribution >= 0.6 is 0 Å². The first-order valence-electron chi connectivity index (χ1n) is 6.36. The molecule has 2 N–H and O–H groups in total. The maximum atomic E-state index is 13.5. The van der Waals surface area contributed by atoms with E-state index < -0.39 is 17.2 Å². The molecule has 2 aromatic carbocycles. The maximum Gasteiger partial charge on any atom is 0.126 e. The van der Waals surface area contributed by atoms with Crippen molar-refractivity contribution in [3.63, 3.8) is 0 Å². The van der Waals surface area contributed by atoms with E-state index in [2.05, 4.69) is 0 Å². The van der Waals surface area contributed by atoms with E-state index in [0.717, 1.165) is 6.07 Å². The number of hydrogen-bond donors (Lipinski definition) is 1. The maximum absolute atomic E-state index is 13.5. The lowest BCUT2D eigenvalue weighted by Crippen LogP contribution is -2.35. The van der Waals surface area contributed by atoms with Gasteiger partial charge in [-0.2, -0.15) is 0 Å². The first kappa shape index (κ1) is 15.3. The molecule has 0 aliphatic heterocycles. The fourth-order valence-corrected chi connectivity index (χ4v) is 2.23. The third-order valence-electron chi connectivity index (χ3n) is 3.43. The van der Waals surface area contributed by atoms with Crippen LogP contribution in [0.3, 0.4) is 0 Å². The summed E-state index contributed by atoms with van der Waals surface area (Å²) < 4.78 is 37.4. The van der Waals surface area contributed by atoms with Gasteiger partial charge in [0, 0.05) is 11.6 Å². The van der Waals surface area contributed by atoms with Crippen LogP contribution in [-0.4, -0.2) is 14.2 Å². The zero-order valence-corrected chi connectivity index (χ0v) is 12.1. The minimum Gasteiger partial charge on any atom is -0.497 e. The van der Waals surface area contributed by atoms with E-state index in [9.17, 15) is 8.78 Å².